The number of ether oxygens (including phenoxy) is 16. The van der Waals surface area contributed by atoms with Gasteiger partial charge in [-0.25, -0.2) is 0 Å². The van der Waals surface area contributed by atoms with Crippen molar-refractivity contribution in [1.82, 2.24) is 0 Å². The molecule has 0 aromatic heterocycles. The lowest BCUT2D eigenvalue weighted by molar-refractivity contribution is -0.374. The van der Waals surface area contributed by atoms with Crippen LogP contribution in [0.25, 0.3) is 0 Å². The van der Waals surface area contributed by atoms with Crippen LogP contribution in [0.2, 0.25) is 0 Å². The van der Waals surface area contributed by atoms with E-state index in [0.29, 0.717) is 18.9 Å². The Morgan fingerprint density at radius 2 is 1.21 bits per heavy atom. The minimum Gasteiger partial charge on any atom is -0.394 e. The Hall–Kier alpha value is -1.14. The fourth-order valence-corrected chi connectivity index (χ4v) is 16.2. The van der Waals surface area contributed by atoms with Crippen molar-refractivity contribution in [3.05, 3.63) is 11.6 Å². The van der Waals surface area contributed by atoms with Crippen LogP contribution >= 0.6 is 0 Å². The zero-order chi connectivity index (χ0) is 54.0. The van der Waals surface area contributed by atoms with E-state index in [1.165, 1.54) is 12.7 Å². The van der Waals surface area contributed by atoms with E-state index in [2.05, 4.69) is 26.8 Å². The minimum atomic E-state index is -1.66. The molecule has 2 saturated carbocycles. The lowest BCUT2D eigenvalue weighted by Crippen LogP contribution is -2.65. The van der Waals surface area contributed by atoms with Gasteiger partial charge in [-0.3, -0.25) is 0 Å². The molecule has 8 heterocycles. The second-order valence-electron chi connectivity index (χ2n) is 24.4. The summed E-state index contributed by atoms with van der Waals surface area (Å²) in [6, 6.07) is 0. The Morgan fingerprint density at radius 3 is 1.84 bits per heavy atom. The quantitative estimate of drug-likeness (QED) is 0.135. The van der Waals surface area contributed by atoms with Gasteiger partial charge in [0.25, 0.3) is 0 Å². The Kier molecular flexibility index (Phi) is 16.1. The third-order valence-electron chi connectivity index (χ3n) is 20.1. The van der Waals surface area contributed by atoms with Gasteiger partial charge in [0.2, 0.25) is 0 Å². The Balaban J connectivity index is 0.650. The monoisotopic (exact) mass is 1090 g/mol. The van der Waals surface area contributed by atoms with Crippen LogP contribution in [-0.2, 0) is 75.8 Å². The van der Waals surface area contributed by atoms with E-state index in [-0.39, 0.29) is 47.7 Å². The molecular weight excluding hydrogens is 1000 g/mol. The van der Waals surface area contributed by atoms with Gasteiger partial charge in [0.05, 0.1) is 74.1 Å². The third kappa shape index (κ3) is 9.42. The molecule has 31 unspecified atom stereocenters. The molecule has 0 amide bonds. The molecule has 22 heteroatoms. The molecule has 8 aliphatic heterocycles. The summed E-state index contributed by atoms with van der Waals surface area (Å²) in [6.07, 6.45) is -11.5. The fourth-order valence-electron chi connectivity index (χ4n) is 16.2. The van der Waals surface area contributed by atoms with E-state index in [1.807, 2.05) is 13.8 Å². The van der Waals surface area contributed by atoms with Crippen molar-refractivity contribution in [1.29, 1.82) is 0 Å². The summed E-state index contributed by atoms with van der Waals surface area (Å²) in [4.78, 5) is 0. The van der Waals surface area contributed by atoms with Gasteiger partial charge in [-0.05, 0) is 84.5 Å². The fraction of sp³-hybridized carbons (Fsp3) is 0.963. The molecule has 434 valence electrons. The van der Waals surface area contributed by atoms with Gasteiger partial charge in [0.1, 0.15) is 61.0 Å². The molecule has 0 spiro atoms. The summed E-state index contributed by atoms with van der Waals surface area (Å²) < 4.78 is 101. The van der Waals surface area contributed by atoms with Crippen molar-refractivity contribution < 1.29 is 106 Å². The van der Waals surface area contributed by atoms with Gasteiger partial charge in [-0.2, -0.15) is 0 Å². The zero-order valence-corrected chi connectivity index (χ0v) is 45.7. The first-order chi connectivity index (χ1) is 36.2. The lowest BCUT2D eigenvalue weighted by Gasteiger charge is -2.59. The number of aliphatic hydroxyl groups excluding tert-OH is 6. The van der Waals surface area contributed by atoms with E-state index < -0.39 is 153 Å². The number of allylic oxidation sites excluding steroid dienone is 1. The standard InChI is InChI=1S/C54H86O22/c1-23-43(31(56)18-36(65-23)69-28-13-15-51(5)27(17-28)11-12-30-29(51)14-16-52(6)48-35-22-64-53(48,7)76-54(30,52)75-35)71-37-19-32(61-8)44(24(2)66-37)72-38-20-33(62-9)45(25(3)67-38)73-50-42(60)47(63-10)46(26(4)68-50)74-49-41(59)40(58)39(57)34(21-55)70-49/h11,23-26,28-50,55-60H,12-22H2,1-10H3. The maximum absolute atomic E-state index is 11.6. The average Bonchev–Trinajstić information content (AvgIpc) is 4.12. The van der Waals surface area contributed by atoms with Crippen LogP contribution < -0.4 is 0 Å². The molecule has 31 atom stereocenters. The smallest absolute Gasteiger partial charge is 0.187 e. The molecule has 6 N–H and O–H groups in total. The summed E-state index contributed by atoms with van der Waals surface area (Å²) >= 11 is 0. The summed E-state index contributed by atoms with van der Waals surface area (Å²) in [5, 5.41) is 63.9. The lowest BCUT2D eigenvalue weighted by atomic mass is 9.48. The second-order valence-corrected chi connectivity index (χ2v) is 24.4. The number of hydrogen-bond acceptors (Lipinski definition) is 22. The highest BCUT2D eigenvalue weighted by atomic mass is 16.8. The minimum absolute atomic E-state index is 0.0292. The predicted octanol–water partition coefficient (Wildman–Crippen LogP) is 1.67. The first-order valence-electron chi connectivity index (χ1n) is 28.0. The molecule has 11 rings (SSSR count). The maximum Gasteiger partial charge on any atom is 0.187 e. The number of fused-ring (bicyclic) bond motifs is 3. The zero-order valence-electron chi connectivity index (χ0n) is 45.7. The number of rotatable bonds is 14. The molecule has 2 bridgehead atoms. The summed E-state index contributed by atoms with van der Waals surface area (Å²) in [5.41, 5.74) is 1.43. The highest BCUT2D eigenvalue weighted by Crippen LogP contribution is 2.76. The largest absolute Gasteiger partial charge is 0.394 e. The first kappa shape index (κ1) is 56.7. The van der Waals surface area contributed by atoms with Gasteiger partial charge >= 0.3 is 0 Å². The van der Waals surface area contributed by atoms with E-state index in [9.17, 15) is 30.6 Å². The highest BCUT2D eigenvalue weighted by molar-refractivity contribution is 5.30. The third-order valence-corrected chi connectivity index (χ3v) is 20.1. The first-order valence-corrected chi connectivity index (χ1v) is 28.0. The molecule has 76 heavy (non-hydrogen) atoms. The van der Waals surface area contributed by atoms with Crippen LogP contribution in [0.15, 0.2) is 11.6 Å². The van der Waals surface area contributed by atoms with Crippen molar-refractivity contribution in [2.75, 3.05) is 34.5 Å². The molecule has 8 saturated heterocycles. The predicted molar refractivity (Wildman–Crippen MR) is 259 cm³/mol. The van der Waals surface area contributed by atoms with Crippen molar-refractivity contribution in [3.8, 4) is 0 Å². The number of hydrogen-bond donors (Lipinski definition) is 6. The van der Waals surface area contributed by atoms with Gasteiger partial charge in [0.15, 0.2) is 43.0 Å². The Labute approximate surface area is 445 Å². The summed E-state index contributed by atoms with van der Waals surface area (Å²) in [5.74, 6) is -0.177. The second kappa shape index (κ2) is 21.6. The van der Waals surface area contributed by atoms with E-state index in [1.54, 1.807) is 28.1 Å². The van der Waals surface area contributed by atoms with Crippen molar-refractivity contribution in [2.45, 2.75) is 265 Å². The Morgan fingerprint density at radius 1 is 0.605 bits per heavy atom. The van der Waals surface area contributed by atoms with Crippen molar-refractivity contribution in [3.63, 3.8) is 0 Å². The van der Waals surface area contributed by atoms with Crippen LogP contribution in [0.5, 0.6) is 0 Å². The van der Waals surface area contributed by atoms with Gasteiger partial charge in [-0.1, -0.05) is 25.5 Å². The molecule has 0 aromatic carbocycles. The molecule has 0 aromatic rings. The number of methoxy groups -OCH3 is 3. The molecule has 0 radical (unpaired) electrons. The van der Waals surface area contributed by atoms with Gasteiger partial charge < -0.3 is 106 Å². The van der Waals surface area contributed by atoms with Gasteiger partial charge in [0, 0.05) is 51.9 Å². The summed E-state index contributed by atoms with van der Waals surface area (Å²) in [7, 11) is 4.53. The molecule has 10 fully saturated rings. The van der Waals surface area contributed by atoms with E-state index >= 15 is 0 Å². The van der Waals surface area contributed by atoms with Crippen LogP contribution in [0.4, 0.5) is 0 Å². The van der Waals surface area contributed by atoms with Crippen LogP contribution in [0.1, 0.15) is 106 Å². The average molecular weight is 1090 g/mol. The van der Waals surface area contributed by atoms with E-state index in [0.717, 1.165) is 38.5 Å². The molecule has 3 aliphatic carbocycles. The highest BCUT2D eigenvalue weighted by Gasteiger charge is 2.83. The van der Waals surface area contributed by atoms with E-state index in [4.69, 9.17) is 75.8 Å². The van der Waals surface area contributed by atoms with Crippen LogP contribution in [0.3, 0.4) is 0 Å². The molecule has 11 aliphatic rings. The topological polar surface area (TPSA) is 269 Å². The normalized spacial score (nSPS) is 56.9. The Bertz CT molecular complexity index is 2040. The van der Waals surface area contributed by atoms with Crippen molar-refractivity contribution >= 4 is 0 Å². The SMILES string of the molecule is COC1CC(OC2C(O)CC(OC3CCC4(C)C(=CCC5C4CCC4(C)C6C7COC6(C)OC54O7)C3)OC2C)OC(C)C1OC1CC(OC)C(OC2OC(C)C(OC3OC(CO)C(O)C(O)C3O)C(OC)C2O)C(C)O1. The van der Waals surface area contributed by atoms with Crippen LogP contribution in [-0.4, -0.2) is 224 Å². The summed E-state index contributed by atoms with van der Waals surface area (Å²) in [6.45, 7) is 14.2. The van der Waals surface area contributed by atoms with Gasteiger partial charge in [-0.15, -0.1) is 0 Å². The van der Waals surface area contributed by atoms with Crippen molar-refractivity contribution in [2.24, 2.45) is 28.6 Å². The number of aliphatic hydroxyl groups is 6. The van der Waals surface area contributed by atoms with Crippen LogP contribution in [0, 0.1) is 28.6 Å². The maximum atomic E-state index is 11.6. The molecular formula is C54H86O22. The molecule has 22 nitrogen and oxygen atoms in total.